The van der Waals surface area contributed by atoms with Gasteiger partial charge in [-0.2, -0.15) is 0 Å². The van der Waals surface area contributed by atoms with E-state index < -0.39 is 30.4 Å². The molecule has 1 aromatic carbocycles. The minimum Gasteiger partial charge on any atom is -0.395 e. The average molecular weight is 288 g/mol. The third-order valence-corrected chi connectivity index (χ3v) is 2.66. The maximum absolute atomic E-state index is 12.4. The van der Waals surface area contributed by atoms with Gasteiger partial charge in [-0.1, -0.05) is 0 Å². The number of benzene rings is 1. The minimum absolute atomic E-state index is 0.0715. The SMILES string of the molecule is Cc1cc(C(=O)N(CCO)CC(F)F)ccc1[N+](=O)[O-]. The van der Waals surface area contributed by atoms with Crippen molar-refractivity contribution in [2.75, 3.05) is 19.7 Å². The predicted octanol–water partition coefficient (Wildman–Crippen LogP) is 1.60. The zero-order chi connectivity index (χ0) is 15.3. The number of nitrogens with zero attached hydrogens (tertiary/aromatic N) is 2. The number of nitro groups is 1. The summed E-state index contributed by atoms with van der Waals surface area (Å²) in [5.74, 6) is -0.697. The van der Waals surface area contributed by atoms with E-state index in [1.807, 2.05) is 0 Å². The van der Waals surface area contributed by atoms with Gasteiger partial charge in [0.05, 0.1) is 18.1 Å². The summed E-state index contributed by atoms with van der Waals surface area (Å²) in [5, 5.41) is 19.5. The van der Waals surface area contributed by atoms with E-state index in [9.17, 15) is 23.7 Å². The molecule has 1 amide bonds. The third kappa shape index (κ3) is 3.95. The summed E-state index contributed by atoms with van der Waals surface area (Å²) in [5.41, 5.74) is 0.188. The number of aryl methyl sites for hydroxylation is 1. The first-order valence-corrected chi connectivity index (χ1v) is 5.80. The molecule has 0 aliphatic heterocycles. The van der Waals surface area contributed by atoms with Gasteiger partial charge in [-0.15, -0.1) is 0 Å². The second kappa shape index (κ2) is 6.90. The number of rotatable bonds is 6. The number of carbonyl (C=O) groups is 1. The molecule has 1 rings (SSSR count). The molecule has 1 aromatic rings. The van der Waals surface area contributed by atoms with Crippen LogP contribution in [0.4, 0.5) is 14.5 Å². The van der Waals surface area contributed by atoms with Gasteiger partial charge in [0.15, 0.2) is 0 Å². The molecule has 0 heterocycles. The molecule has 0 aliphatic rings. The average Bonchev–Trinajstić information content (AvgIpc) is 2.36. The lowest BCUT2D eigenvalue weighted by molar-refractivity contribution is -0.385. The molecule has 0 atom stereocenters. The maximum Gasteiger partial charge on any atom is 0.272 e. The van der Waals surface area contributed by atoms with Crippen LogP contribution in [0.2, 0.25) is 0 Å². The van der Waals surface area contributed by atoms with Gasteiger partial charge in [0.1, 0.15) is 0 Å². The van der Waals surface area contributed by atoms with Gasteiger partial charge in [-0.05, 0) is 19.1 Å². The van der Waals surface area contributed by atoms with Gasteiger partial charge in [0, 0.05) is 23.7 Å². The number of nitro benzene ring substituents is 1. The van der Waals surface area contributed by atoms with Gasteiger partial charge in [-0.3, -0.25) is 14.9 Å². The highest BCUT2D eigenvalue weighted by molar-refractivity contribution is 5.94. The molecule has 0 saturated heterocycles. The zero-order valence-corrected chi connectivity index (χ0v) is 10.8. The molecule has 0 unspecified atom stereocenters. The molecule has 1 N–H and O–H groups in total. The summed E-state index contributed by atoms with van der Waals surface area (Å²) in [6, 6.07) is 3.64. The second-order valence-electron chi connectivity index (χ2n) is 4.12. The van der Waals surface area contributed by atoms with Gasteiger partial charge < -0.3 is 10.0 Å². The number of halogens is 2. The normalized spacial score (nSPS) is 10.7. The first-order valence-electron chi connectivity index (χ1n) is 5.80. The first-order chi connectivity index (χ1) is 9.36. The second-order valence-corrected chi connectivity index (χ2v) is 4.12. The molecular weight excluding hydrogens is 274 g/mol. The van der Waals surface area contributed by atoms with Crippen LogP contribution in [0.1, 0.15) is 15.9 Å². The number of alkyl halides is 2. The van der Waals surface area contributed by atoms with E-state index in [0.29, 0.717) is 0 Å². The Labute approximate surface area is 113 Å². The number of aliphatic hydroxyl groups is 1. The Hall–Kier alpha value is -2.09. The van der Waals surface area contributed by atoms with Crippen molar-refractivity contribution in [2.45, 2.75) is 13.3 Å². The minimum atomic E-state index is -2.72. The molecule has 20 heavy (non-hydrogen) atoms. The number of amides is 1. The van der Waals surface area contributed by atoms with E-state index in [-0.39, 0.29) is 23.4 Å². The molecule has 0 aliphatic carbocycles. The van der Waals surface area contributed by atoms with E-state index >= 15 is 0 Å². The van der Waals surface area contributed by atoms with Crippen LogP contribution in [-0.4, -0.2) is 47.0 Å². The highest BCUT2D eigenvalue weighted by Gasteiger charge is 2.21. The number of hydrogen-bond donors (Lipinski definition) is 1. The Bertz CT molecular complexity index is 508. The van der Waals surface area contributed by atoms with Crippen molar-refractivity contribution in [3.63, 3.8) is 0 Å². The standard InChI is InChI=1S/C12H14F2N2O4/c1-8-6-9(2-3-10(8)16(19)20)12(18)15(4-5-17)7-11(13)14/h2-3,6,11,17H,4-5,7H2,1H3. The van der Waals surface area contributed by atoms with Crippen LogP contribution >= 0.6 is 0 Å². The number of aliphatic hydroxyl groups excluding tert-OH is 1. The van der Waals surface area contributed by atoms with Crippen LogP contribution in [0.25, 0.3) is 0 Å². The van der Waals surface area contributed by atoms with Crippen molar-refractivity contribution in [1.29, 1.82) is 0 Å². The quantitative estimate of drug-likeness (QED) is 0.636. The highest BCUT2D eigenvalue weighted by atomic mass is 19.3. The molecule has 0 aromatic heterocycles. The van der Waals surface area contributed by atoms with Crippen molar-refractivity contribution in [1.82, 2.24) is 4.90 Å². The lowest BCUT2D eigenvalue weighted by atomic mass is 10.1. The van der Waals surface area contributed by atoms with E-state index in [1.54, 1.807) is 0 Å². The Morgan fingerprint density at radius 2 is 2.15 bits per heavy atom. The molecule has 0 spiro atoms. The Kier molecular flexibility index (Phi) is 5.51. The maximum atomic E-state index is 12.4. The van der Waals surface area contributed by atoms with Crippen molar-refractivity contribution >= 4 is 11.6 Å². The Balaban J connectivity index is 3.00. The molecule has 8 heteroatoms. The lowest BCUT2D eigenvalue weighted by Crippen LogP contribution is -2.37. The monoisotopic (exact) mass is 288 g/mol. The van der Waals surface area contributed by atoms with Crippen LogP contribution in [0, 0.1) is 17.0 Å². The topological polar surface area (TPSA) is 83.7 Å². The van der Waals surface area contributed by atoms with Gasteiger partial charge >= 0.3 is 0 Å². The van der Waals surface area contributed by atoms with Gasteiger partial charge in [0.2, 0.25) is 0 Å². The molecular formula is C12H14F2N2O4. The Morgan fingerprint density at radius 3 is 2.60 bits per heavy atom. The highest BCUT2D eigenvalue weighted by Crippen LogP contribution is 2.20. The number of carbonyl (C=O) groups excluding carboxylic acids is 1. The molecule has 0 bridgehead atoms. The molecule has 0 radical (unpaired) electrons. The first kappa shape index (κ1) is 16.0. The third-order valence-electron chi connectivity index (χ3n) is 2.66. The summed E-state index contributed by atoms with van der Waals surface area (Å²) in [6.07, 6.45) is -2.72. The van der Waals surface area contributed by atoms with E-state index in [4.69, 9.17) is 5.11 Å². The lowest BCUT2D eigenvalue weighted by Gasteiger charge is -2.21. The van der Waals surface area contributed by atoms with Crippen LogP contribution in [0.15, 0.2) is 18.2 Å². The van der Waals surface area contributed by atoms with E-state index in [1.165, 1.54) is 19.1 Å². The smallest absolute Gasteiger partial charge is 0.272 e. The van der Waals surface area contributed by atoms with E-state index in [2.05, 4.69) is 0 Å². The predicted molar refractivity (Wildman–Crippen MR) is 66.8 cm³/mol. The zero-order valence-electron chi connectivity index (χ0n) is 10.8. The van der Waals surface area contributed by atoms with Crippen molar-refractivity contribution in [3.05, 3.63) is 39.4 Å². The summed E-state index contributed by atoms with van der Waals surface area (Å²) >= 11 is 0. The van der Waals surface area contributed by atoms with Crippen molar-refractivity contribution in [3.8, 4) is 0 Å². The van der Waals surface area contributed by atoms with Crippen LogP contribution in [0.5, 0.6) is 0 Å². The fourth-order valence-corrected chi connectivity index (χ4v) is 1.74. The molecule has 0 saturated carbocycles. The summed E-state index contributed by atoms with van der Waals surface area (Å²) < 4.78 is 24.7. The summed E-state index contributed by atoms with van der Waals surface area (Å²) in [6.45, 7) is -0.00251. The van der Waals surface area contributed by atoms with Gasteiger partial charge in [-0.25, -0.2) is 8.78 Å². The molecule has 110 valence electrons. The summed E-state index contributed by atoms with van der Waals surface area (Å²) in [7, 11) is 0. The van der Waals surface area contributed by atoms with Gasteiger partial charge in [0.25, 0.3) is 18.0 Å². The molecule has 6 nitrogen and oxygen atoms in total. The fourth-order valence-electron chi connectivity index (χ4n) is 1.74. The Morgan fingerprint density at radius 1 is 1.50 bits per heavy atom. The van der Waals surface area contributed by atoms with E-state index in [0.717, 1.165) is 11.0 Å². The van der Waals surface area contributed by atoms with Crippen LogP contribution in [0.3, 0.4) is 0 Å². The van der Waals surface area contributed by atoms with Crippen LogP contribution in [-0.2, 0) is 0 Å². The number of hydrogen-bond acceptors (Lipinski definition) is 4. The largest absolute Gasteiger partial charge is 0.395 e. The molecule has 0 fully saturated rings. The fraction of sp³-hybridized carbons (Fsp3) is 0.417. The van der Waals surface area contributed by atoms with Crippen molar-refractivity contribution < 1.29 is 23.6 Å². The van der Waals surface area contributed by atoms with Crippen LogP contribution < -0.4 is 0 Å². The van der Waals surface area contributed by atoms with Crippen molar-refractivity contribution in [2.24, 2.45) is 0 Å². The summed E-state index contributed by atoms with van der Waals surface area (Å²) in [4.78, 5) is 22.9.